The van der Waals surface area contributed by atoms with Gasteiger partial charge in [-0.2, -0.15) is 5.26 Å². The van der Waals surface area contributed by atoms with Gasteiger partial charge in [0.1, 0.15) is 5.82 Å². The summed E-state index contributed by atoms with van der Waals surface area (Å²) < 4.78 is 13.3. The third-order valence-electron chi connectivity index (χ3n) is 3.07. The SMILES string of the molecule is Cc1ccc(N(C)Cc2cc(F)ccc2C#N)cc1. The summed E-state index contributed by atoms with van der Waals surface area (Å²) in [5.74, 6) is -0.314. The lowest BCUT2D eigenvalue weighted by molar-refractivity contribution is 0.625. The number of hydrogen-bond donors (Lipinski definition) is 0. The third-order valence-corrected chi connectivity index (χ3v) is 3.07. The van der Waals surface area contributed by atoms with Crippen molar-refractivity contribution in [1.29, 1.82) is 5.26 Å². The molecule has 0 N–H and O–H groups in total. The third kappa shape index (κ3) is 3.11. The van der Waals surface area contributed by atoms with Gasteiger partial charge >= 0.3 is 0 Å². The van der Waals surface area contributed by atoms with Gasteiger partial charge in [0.2, 0.25) is 0 Å². The molecule has 0 aliphatic heterocycles. The summed E-state index contributed by atoms with van der Waals surface area (Å²) >= 11 is 0. The molecule has 0 bridgehead atoms. The largest absolute Gasteiger partial charge is 0.370 e. The van der Waals surface area contributed by atoms with Crippen molar-refractivity contribution in [1.82, 2.24) is 0 Å². The molecule has 0 aromatic heterocycles. The fraction of sp³-hybridized carbons (Fsp3) is 0.188. The van der Waals surface area contributed by atoms with E-state index in [-0.39, 0.29) is 5.82 Å². The maximum atomic E-state index is 13.3. The molecule has 0 saturated carbocycles. The van der Waals surface area contributed by atoms with Gasteiger partial charge in [-0.1, -0.05) is 17.7 Å². The van der Waals surface area contributed by atoms with E-state index in [1.165, 1.54) is 23.8 Å². The summed E-state index contributed by atoms with van der Waals surface area (Å²) in [4.78, 5) is 2.00. The molecule has 0 saturated heterocycles. The van der Waals surface area contributed by atoms with Gasteiger partial charge in [-0.15, -0.1) is 0 Å². The standard InChI is InChI=1S/C16H15FN2/c1-12-3-7-16(8-4-12)19(2)11-14-9-15(17)6-5-13(14)10-18/h3-9H,11H2,1-2H3. The van der Waals surface area contributed by atoms with Crippen LogP contribution in [0.1, 0.15) is 16.7 Å². The highest BCUT2D eigenvalue weighted by molar-refractivity contribution is 5.49. The fourth-order valence-electron chi connectivity index (χ4n) is 1.95. The zero-order chi connectivity index (χ0) is 13.8. The summed E-state index contributed by atoms with van der Waals surface area (Å²) in [7, 11) is 1.93. The first-order valence-electron chi connectivity index (χ1n) is 6.06. The highest BCUT2D eigenvalue weighted by Crippen LogP contribution is 2.18. The maximum Gasteiger partial charge on any atom is 0.123 e. The first-order valence-corrected chi connectivity index (χ1v) is 6.06. The Morgan fingerprint density at radius 2 is 1.84 bits per heavy atom. The summed E-state index contributed by atoms with van der Waals surface area (Å²) in [6, 6.07) is 14.4. The van der Waals surface area contributed by atoms with Gasteiger partial charge in [-0.05, 0) is 42.8 Å². The van der Waals surface area contributed by atoms with Crippen LogP contribution in [0.2, 0.25) is 0 Å². The number of aryl methyl sites for hydroxylation is 1. The zero-order valence-electron chi connectivity index (χ0n) is 11.0. The normalized spacial score (nSPS) is 10.0. The molecule has 2 rings (SSSR count). The Bertz CT molecular complexity index is 612. The van der Waals surface area contributed by atoms with E-state index in [2.05, 4.69) is 6.07 Å². The Kier molecular flexibility index (Phi) is 3.82. The van der Waals surface area contributed by atoms with Crippen LogP contribution >= 0.6 is 0 Å². The number of nitriles is 1. The van der Waals surface area contributed by atoms with Crippen molar-refractivity contribution in [3.63, 3.8) is 0 Å². The number of rotatable bonds is 3. The molecule has 0 spiro atoms. The Morgan fingerprint density at radius 3 is 2.47 bits per heavy atom. The van der Waals surface area contributed by atoms with Crippen molar-refractivity contribution in [2.24, 2.45) is 0 Å². The van der Waals surface area contributed by atoms with Crippen LogP contribution in [0.3, 0.4) is 0 Å². The highest BCUT2D eigenvalue weighted by Gasteiger charge is 2.07. The number of halogens is 1. The molecule has 2 nitrogen and oxygen atoms in total. The van der Waals surface area contributed by atoms with E-state index in [0.717, 1.165) is 5.69 Å². The van der Waals surface area contributed by atoms with Crippen LogP contribution < -0.4 is 4.90 Å². The summed E-state index contributed by atoms with van der Waals surface area (Å²) in [5.41, 5.74) is 3.45. The highest BCUT2D eigenvalue weighted by atomic mass is 19.1. The zero-order valence-corrected chi connectivity index (χ0v) is 11.0. The average molecular weight is 254 g/mol. The smallest absolute Gasteiger partial charge is 0.123 e. The molecule has 0 unspecified atom stereocenters. The molecule has 0 atom stereocenters. The monoisotopic (exact) mass is 254 g/mol. The van der Waals surface area contributed by atoms with Crippen LogP contribution in [-0.2, 0) is 6.54 Å². The lowest BCUT2D eigenvalue weighted by Crippen LogP contribution is -2.17. The van der Waals surface area contributed by atoms with Gasteiger partial charge in [0.15, 0.2) is 0 Å². The lowest BCUT2D eigenvalue weighted by Gasteiger charge is -2.20. The van der Waals surface area contributed by atoms with E-state index >= 15 is 0 Å². The molecule has 96 valence electrons. The Labute approximate surface area is 112 Å². The fourth-order valence-corrected chi connectivity index (χ4v) is 1.95. The van der Waals surface area contributed by atoms with Crippen molar-refractivity contribution < 1.29 is 4.39 Å². The molecular formula is C16H15FN2. The second-order valence-corrected chi connectivity index (χ2v) is 4.60. The van der Waals surface area contributed by atoms with Crippen molar-refractivity contribution in [3.8, 4) is 6.07 Å². The second kappa shape index (κ2) is 5.53. The van der Waals surface area contributed by atoms with Crippen LogP contribution in [0.5, 0.6) is 0 Å². The predicted octanol–water partition coefficient (Wildman–Crippen LogP) is 3.64. The molecule has 0 fully saturated rings. The topological polar surface area (TPSA) is 27.0 Å². The lowest BCUT2D eigenvalue weighted by atomic mass is 10.1. The van der Waals surface area contributed by atoms with E-state index < -0.39 is 0 Å². The van der Waals surface area contributed by atoms with Crippen LogP contribution in [0.25, 0.3) is 0 Å². The molecule has 0 aliphatic carbocycles. The van der Waals surface area contributed by atoms with Crippen LogP contribution in [0, 0.1) is 24.1 Å². The van der Waals surface area contributed by atoms with Crippen LogP contribution in [0.4, 0.5) is 10.1 Å². The molecule has 3 heteroatoms. The van der Waals surface area contributed by atoms with Crippen molar-refractivity contribution in [2.75, 3.05) is 11.9 Å². The summed E-state index contributed by atoms with van der Waals surface area (Å²) in [6.07, 6.45) is 0. The Hall–Kier alpha value is -2.34. The van der Waals surface area contributed by atoms with Gasteiger partial charge in [0.25, 0.3) is 0 Å². The molecule has 0 aliphatic rings. The molecule has 0 amide bonds. The molecule has 2 aromatic rings. The van der Waals surface area contributed by atoms with E-state index in [1.54, 1.807) is 0 Å². The van der Waals surface area contributed by atoms with Gasteiger partial charge < -0.3 is 4.90 Å². The molecule has 0 radical (unpaired) electrons. The predicted molar refractivity (Wildman–Crippen MR) is 74.4 cm³/mol. The van der Waals surface area contributed by atoms with E-state index in [1.807, 2.05) is 43.1 Å². The average Bonchev–Trinajstić information content (AvgIpc) is 2.39. The first kappa shape index (κ1) is 13.1. The van der Waals surface area contributed by atoms with Gasteiger partial charge in [-0.3, -0.25) is 0 Å². The van der Waals surface area contributed by atoms with Crippen molar-refractivity contribution in [3.05, 3.63) is 65.0 Å². The molecule has 19 heavy (non-hydrogen) atoms. The summed E-state index contributed by atoms with van der Waals surface area (Å²) in [6.45, 7) is 2.54. The van der Waals surface area contributed by atoms with Crippen molar-refractivity contribution >= 4 is 5.69 Å². The van der Waals surface area contributed by atoms with Gasteiger partial charge in [0, 0.05) is 19.3 Å². The van der Waals surface area contributed by atoms with Crippen molar-refractivity contribution in [2.45, 2.75) is 13.5 Å². The maximum absolute atomic E-state index is 13.3. The number of nitrogens with zero attached hydrogens (tertiary/aromatic N) is 2. The number of hydrogen-bond acceptors (Lipinski definition) is 2. The van der Waals surface area contributed by atoms with Gasteiger partial charge in [-0.25, -0.2) is 4.39 Å². The minimum atomic E-state index is -0.314. The number of anilines is 1. The minimum absolute atomic E-state index is 0.314. The molecular weight excluding hydrogens is 239 g/mol. The van der Waals surface area contributed by atoms with Crippen LogP contribution in [0.15, 0.2) is 42.5 Å². The van der Waals surface area contributed by atoms with Crippen LogP contribution in [-0.4, -0.2) is 7.05 Å². The summed E-state index contributed by atoms with van der Waals surface area (Å²) in [5, 5.41) is 9.04. The van der Waals surface area contributed by atoms with Gasteiger partial charge in [0.05, 0.1) is 11.6 Å². The first-order chi connectivity index (χ1) is 9.10. The minimum Gasteiger partial charge on any atom is -0.370 e. The quantitative estimate of drug-likeness (QED) is 0.836. The number of benzene rings is 2. The second-order valence-electron chi connectivity index (χ2n) is 4.60. The van der Waals surface area contributed by atoms with E-state index in [0.29, 0.717) is 17.7 Å². The van der Waals surface area contributed by atoms with E-state index in [4.69, 9.17) is 5.26 Å². The molecule has 0 heterocycles. The molecule has 2 aromatic carbocycles. The van der Waals surface area contributed by atoms with E-state index in [9.17, 15) is 4.39 Å². The Balaban J connectivity index is 2.23. The Morgan fingerprint density at radius 1 is 1.16 bits per heavy atom.